The fourth-order valence-electron chi connectivity index (χ4n) is 3.87. The van der Waals surface area contributed by atoms with Crippen LogP contribution in [0.1, 0.15) is 28.4 Å². The lowest BCUT2D eigenvalue weighted by molar-refractivity contribution is 0.0955. The molecule has 0 aliphatic heterocycles. The van der Waals surface area contributed by atoms with E-state index < -0.39 is 0 Å². The fraction of sp³-hybridized carbons (Fsp3) is 0.0938. The minimum absolute atomic E-state index is 0.275. The number of nitrogens with zero attached hydrogens (tertiary/aromatic N) is 2. The molecule has 0 aliphatic rings. The predicted molar refractivity (Wildman–Crippen MR) is 161 cm³/mol. The van der Waals surface area contributed by atoms with Crippen LogP contribution in [0.3, 0.4) is 0 Å². The van der Waals surface area contributed by atoms with Crippen LogP contribution in [-0.2, 0) is 6.61 Å². The summed E-state index contributed by atoms with van der Waals surface area (Å²) in [4.78, 5) is 17.3. The summed E-state index contributed by atoms with van der Waals surface area (Å²) in [7, 11) is 0. The van der Waals surface area contributed by atoms with E-state index in [0.717, 1.165) is 33.2 Å². The number of benzene rings is 4. The molecule has 0 radical (unpaired) electrons. The lowest BCUT2D eigenvalue weighted by atomic mass is 10.1. The van der Waals surface area contributed by atoms with E-state index in [-0.39, 0.29) is 18.3 Å². The molecular formula is C32H27FN4O3S. The zero-order valence-electron chi connectivity index (χ0n) is 22.2. The maximum atomic E-state index is 13.1. The molecule has 7 nitrogen and oxygen atoms in total. The van der Waals surface area contributed by atoms with E-state index >= 15 is 0 Å². The first-order valence-corrected chi connectivity index (χ1v) is 13.8. The Kier molecular flexibility index (Phi) is 8.98. The average Bonchev–Trinajstić information content (AvgIpc) is 3.47. The maximum Gasteiger partial charge on any atom is 0.271 e. The van der Waals surface area contributed by atoms with Gasteiger partial charge in [-0.05, 0) is 72.6 Å². The summed E-state index contributed by atoms with van der Waals surface area (Å²) in [6.07, 6.45) is 1.54. The number of hydrazone groups is 1. The molecular weight excluding hydrogens is 539 g/mol. The number of para-hydroxylation sites is 1. The number of thiazole rings is 1. The summed E-state index contributed by atoms with van der Waals surface area (Å²) in [6, 6.07) is 28.6. The van der Waals surface area contributed by atoms with E-state index in [4.69, 9.17) is 9.47 Å². The summed E-state index contributed by atoms with van der Waals surface area (Å²) < 4.78 is 24.7. The van der Waals surface area contributed by atoms with Gasteiger partial charge in [0.2, 0.25) is 0 Å². The van der Waals surface area contributed by atoms with Gasteiger partial charge in [0, 0.05) is 22.2 Å². The lowest BCUT2D eigenvalue weighted by Gasteiger charge is -2.12. The van der Waals surface area contributed by atoms with Gasteiger partial charge < -0.3 is 14.8 Å². The highest BCUT2D eigenvalue weighted by atomic mass is 32.1. The Balaban J connectivity index is 1.17. The van der Waals surface area contributed by atoms with Crippen molar-refractivity contribution < 1.29 is 18.7 Å². The quantitative estimate of drug-likeness (QED) is 0.128. The molecule has 5 aromatic rings. The van der Waals surface area contributed by atoms with Crippen LogP contribution in [0.5, 0.6) is 11.5 Å². The number of nitrogens with one attached hydrogen (secondary N) is 2. The number of rotatable bonds is 11. The Morgan fingerprint density at radius 2 is 1.73 bits per heavy atom. The van der Waals surface area contributed by atoms with Crippen molar-refractivity contribution >= 4 is 34.3 Å². The number of amides is 1. The number of anilines is 2. The van der Waals surface area contributed by atoms with E-state index in [0.29, 0.717) is 23.7 Å². The van der Waals surface area contributed by atoms with Gasteiger partial charge in [-0.15, -0.1) is 11.3 Å². The Labute approximate surface area is 241 Å². The Hall–Kier alpha value is -5.02. The first-order valence-electron chi connectivity index (χ1n) is 12.9. The molecule has 5 rings (SSSR count). The van der Waals surface area contributed by atoms with Gasteiger partial charge in [-0.2, -0.15) is 5.10 Å². The molecule has 0 spiro atoms. The van der Waals surface area contributed by atoms with Gasteiger partial charge in [-0.1, -0.05) is 42.5 Å². The van der Waals surface area contributed by atoms with Crippen LogP contribution in [0.4, 0.5) is 15.2 Å². The number of hydrogen-bond acceptors (Lipinski definition) is 7. The van der Waals surface area contributed by atoms with Crippen molar-refractivity contribution in [3.05, 3.63) is 125 Å². The van der Waals surface area contributed by atoms with E-state index in [1.807, 2.05) is 60.8 Å². The van der Waals surface area contributed by atoms with Crippen LogP contribution < -0.4 is 20.2 Å². The first kappa shape index (κ1) is 27.5. The monoisotopic (exact) mass is 566 g/mol. The summed E-state index contributed by atoms with van der Waals surface area (Å²) in [5.41, 5.74) is 7.31. The summed E-state index contributed by atoms with van der Waals surface area (Å²) in [6.45, 7) is 2.60. The van der Waals surface area contributed by atoms with Gasteiger partial charge in [0.15, 0.2) is 16.6 Å². The molecule has 0 saturated carbocycles. The van der Waals surface area contributed by atoms with Gasteiger partial charge in [-0.3, -0.25) is 4.79 Å². The standard InChI is InChI=1S/C32H27FN4O3S/c1-2-39-30-18-23(10-17-29(30)40-20-22-8-15-26(33)16-9-22)19-34-37-31(38)25-13-11-24(12-14-25)28-21-41-32(36-28)35-27-6-4-3-5-7-27/h3-19,21H,2,20H2,1H3,(H,35,36)(H,37,38)/b34-19-. The number of halogens is 1. The van der Waals surface area contributed by atoms with Crippen molar-refractivity contribution in [1.82, 2.24) is 10.4 Å². The molecule has 1 aromatic heterocycles. The smallest absolute Gasteiger partial charge is 0.271 e. The summed E-state index contributed by atoms with van der Waals surface area (Å²) >= 11 is 1.52. The molecule has 1 amide bonds. The van der Waals surface area contributed by atoms with Crippen LogP contribution in [0.2, 0.25) is 0 Å². The van der Waals surface area contributed by atoms with Crippen LogP contribution in [0.25, 0.3) is 11.3 Å². The van der Waals surface area contributed by atoms with E-state index in [1.54, 1.807) is 36.4 Å². The van der Waals surface area contributed by atoms with Crippen molar-refractivity contribution in [2.24, 2.45) is 5.10 Å². The molecule has 4 aromatic carbocycles. The first-order chi connectivity index (χ1) is 20.1. The second-order valence-electron chi connectivity index (χ2n) is 8.86. The largest absolute Gasteiger partial charge is 0.490 e. The molecule has 0 saturated heterocycles. The normalized spacial score (nSPS) is 10.9. The number of carbonyl (C=O) groups is 1. The van der Waals surface area contributed by atoms with E-state index in [1.165, 1.54) is 29.7 Å². The van der Waals surface area contributed by atoms with Crippen molar-refractivity contribution in [3.63, 3.8) is 0 Å². The number of ether oxygens (including phenoxy) is 2. The summed E-state index contributed by atoms with van der Waals surface area (Å²) in [5.74, 6) is 0.477. The van der Waals surface area contributed by atoms with Crippen LogP contribution >= 0.6 is 11.3 Å². The maximum absolute atomic E-state index is 13.1. The molecule has 0 atom stereocenters. The Morgan fingerprint density at radius 3 is 2.49 bits per heavy atom. The third-order valence-electron chi connectivity index (χ3n) is 5.93. The number of aromatic nitrogens is 1. The predicted octanol–water partition coefficient (Wildman–Crippen LogP) is 7.43. The van der Waals surface area contributed by atoms with Crippen molar-refractivity contribution in [3.8, 4) is 22.8 Å². The third-order valence-corrected chi connectivity index (χ3v) is 6.68. The third kappa shape index (κ3) is 7.55. The van der Waals surface area contributed by atoms with Crippen molar-refractivity contribution in [2.45, 2.75) is 13.5 Å². The summed E-state index contributed by atoms with van der Waals surface area (Å²) in [5, 5.41) is 10.2. The molecule has 0 unspecified atom stereocenters. The van der Waals surface area contributed by atoms with Crippen molar-refractivity contribution in [1.29, 1.82) is 0 Å². The second-order valence-corrected chi connectivity index (χ2v) is 9.72. The molecule has 0 aliphatic carbocycles. The lowest BCUT2D eigenvalue weighted by Crippen LogP contribution is -2.17. The van der Waals surface area contributed by atoms with E-state index in [2.05, 4.69) is 20.8 Å². The van der Waals surface area contributed by atoms with E-state index in [9.17, 15) is 9.18 Å². The zero-order chi connectivity index (χ0) is 28.4. The molecule has 0 fully saturated rings. The van der Waals surface area contributed by atoms with Crippen LogP contribution in [0.15, 0.2) is 108 Å². The van der Waals surface area contributed by atoms with Crippen LogP contribution in [-0.4, -0.2) is 23.7 Å². The average molecular weight is 567 g/mol. The topological polar surface area (TPSA) is 84.8 Å². The zero-order valence-corrected chi connectivity index (χ0v) is 23.0. The highest BCUT2D eigenvalue weighted by Gasteiger charge is 2.09. The van der Waals surface area contributed by atoms with Gasteiger partial charge in [0.25, 0.3) is 5.91 Å². The Bertz CT molecular complexity index is 1620. The van der Waals surface area contributed by atoms with Crippen molar-refractivity contribution in [2.75, 3.05) is 11.9 Å². The minimum Gasteiger partial charge on any atom is -0.490 e. The van der Waals surface area contributed by atoms with Gasteiger partial charge >= 0.3 is 0 Å². The van der Waals surface area contributed by atoms with Crippen LogP contribution in [0, 0.1) is 5.82 Å². The molecule has 1 heterocycles. The van der Waals surface area contributed by atoms with Gasteiger partial charge in [0.05, 0.1) is 18.5 Å². The molecule has 9 heteroatoms. The van der Waals surface area contributed by atoms with Gasteiger partial charge in [-0.25, -0.2) is 14.8 Å². The fourth-order valence-corrected chi connectivity index (χ4v) is 4.61. The highest BCUT2D eigenvalue weighted by Crippen LogP contribution is 2.29. The molecule has 2 N–H and O–H groups in total. The molecule has 0 bridgehead atoms. The second kappa shape index (κ2) is 13.4. The molecule has 206 valence electrons. The number of carbonyl (C=O) groups excluding carboxylic acids is 1. The Morgan fingerprint density at radius 1 is 0.951 bits per heavy atom. The van der Waals surface area contributed by atoms with Gasteiger partial charge in [0.1, 0.15) is 12.4 Å². The SMILES string of the molecule is CCOc1cc(/C=N\NC(=O)c2ccc(-c3csc(Nc4ccccc4)n3)cc2)ccc1OCc1ccc(F)cc1. The minimum atomic E-state index is -0.332. The number of hydrogen-bond donors (Lipinski definition) is 2. The highest BCUT2D eigenvalue weighted by molar-refractivity contribution is 7.14. The molecule has 41 heavy (non-hydrogen) atoms.